The van der Waals surface area contributed by atoms with E-state index in [1.54, 1.807) is 22.7 Å². The summed E-state index contributed by atoms with van der Waals surface area (Å²) in [5.41, 5.74) is 11.6. The molecule has 1 fully saturated rings. The lowest BCUT2D eigenvalue weighted by molar-refractivity contribution is 0.642. The first-order valence-electron chi connectivity index (χ1n) is 19.2. The average Bonchev–Trinajstić information content (AvgIpc) is 4.07. The molecule has 1 aliphatic carbocycles. The van der Waals surface area contributed by atoms with Crippen LogP contribution in [0.4, 0.5) is 11.4 Å². The fraction of sp³-hybridized carbons (Fsp3) is 0.267. The van der Waals surface area contributed by atoms with E-state index < -0.39 is 0 Å². The van der Waals surface area contributed by atoms with Crippen LogP contribution in [-0.4, -0.2) is 19.8 Å². The van der Waals surface area contributed by atoms with Crippen LogP contribution in [0.3, 0.4) is 0 Å². The van der Waals surface area contributed by atoms with E-state index in [0.29, 0.717) is 16.5 Å². The topological polar surface area (TPSA) is 109 Å². The minimum absolute atomic E-state index is 0.0883. The fourth-order valence-electron chi connectivity index (χ4n) is 8.42. The molecule has 0 spiro atoms. The van der Waals surface area contributed by atoms with Gasteiger partial charge in [0, 0.05) is 54.0 Å². The van der Waals surface area contributed by atoms with Crippen molar-refractivity contribution in [3.05, 3.63) is 114 Å². The number of rotatable bonds is 10. The lowest BCUT2D eigenvalue weighted by Crippen LogP contribution is -2.26. The van der Waals surface area contributed by atoms with E-state index in [1.165, 1.54) is 93.6 Å². The van der Waals surface area contributed by atoms with Gasteiger partial charge in [0.1, 0.15) is 27.8 Å². The molecule has 9 rings (SSSR count). The molecule has 2 atom stereocenters. The fourth-order valence-corrected chi connectivity index (χ4v) is 12.3. The lowest BCUT2D eigenvalue weighted by Gasteiger charge is -2.27. The highest BCUT2D eigenvalue weighted by Gasteiger charge is 2.42. The molecule has 5 heterocycles. The van der Waals surface area contributed by atoms with Crippen molar-refractivity contribution in [2.24, 2.45) is 0 Å². The van der Waals surface area contributed by atoms with E-state index in [9.17, 15) is 15.3 Å². The Bertz CT molecular complexity index is 2860. The molecular formula is C45H38N6OS4. The third-order valence-electron chi connectivity index (χ3n) is 11.1. The van der Waals surface area contributed by atoms with E-state index in [-0.39, 0.29) is 15.8 Å². The smallest absolute Gasteiger partial charge is 0.266 e. The van der Waals surface area contributed by atoms with Crippen molar-refractivity contribution in [3.8, 4) is 43.5 Å². The summed E-state index contributed by atoms with van der Waals surface area (Å²) in [5, 5.41) is 18.6. The van der Waals surface area contributed by atoms with Gasteiger partial charge in [0.25, 0.3) is 5.56 Å². The minimum atomic E-state index is -0.297. The maximum absolute atomic E-state index is 12.7. The number of thiazole rings is 1. The number of H-pyrrole nitrogens is 1. The van der Waals surface area contributed by atoms with Crippen molar-refractivity contribution in [3.63, 3.8) is 0 Å². The van der Waals surface area contributed by atoms with E-state index in [0.717, 1.165) is 56.1 Å². The molecule has 278 valence electrons. The highest BCUT2D eigenvalue weighted by atomic mass is 32.1. The second-order valence-corrected chi connectivity index (χ2v) is 18.4. The van der Waals surface area contributed by atoms with Gasteiger partial charge in [-0.25, -0.2) is 0 Å². The first-order chi connectivity index (χ1) is 27.4. The average molecular weight is 807 g/mol. The van der Waals surface area contributed by atoms with Crippen LogP contribution < -0.4 is 19.7 Å². The molecule has 3 aromatic carbocycles. The van der Waals surface area contributed by atoms with Gasteiger partial charge in [-0.1, -0.05) is 68.5 Å². The number of aryl methyl sites for hydroxylation is 2. The highest BCUT2D eigenvalue weighted by Crippen LogP contribution is 2.53. The molecule has 56 heavy (non-hydrogen) atoms. The van der Waals surface area contributed by atoms with E-state index in [1.807, 2.05) is 24.3 Å². The number of aromatic amines is 1. The Balaban J connectivity index is 1.07. The minimum Gasteiger partial charge on any atom is -0.338 e. The van der Waals surface area contributed by atoms with Gasteiger partial charge in [-0.2, -0.15) is 19.3 Å². The number of hydrogen-bond acceptors (Lipinski definition) is 10. The highest BCUT2D eigenvalue weighted by molar-refractivity contribution is 7.24. The predicted molar refractivity (Wildman–Crippen MR) is 233 cm³/mol. The van der Waals surface area contributed by atoms with Crippen LogP contribution in [0.25, 0.3) is 54.0 Å². The van der Waals surface area contributed by atoms with Gasteiger partial charge >= 0.3 is 0 Å². The summed E-state index contributed by atoms with van der Waals surface area (Å²) in [4.78, 5) is 22.5. The predicted octanol–water partition coefficient (Wildman–Crippen LogP) is 10.8. The molecular weight excluding hydrogens is 769 g/mol. The van der Waals surface area contributed by atoms with Crippen LogP contribution in [0.15, 0.2) is 77.6 Å². The Hall–Kier alpha value is -5.17. The molecule has 11 heteroatoms. The molecule has 0 amide bonds. The first-order valence-corrected chi connectivity index (χ1v) is 22.4. The molecule has 2 unspecified atom stereocenters. The second kappa shape index (κ2) is 15.4. The summed E-state index contributed by atoms with van der Waals surface area (Å²) < 4.78 is 10.6. The Kier molecular flexibility index (Phi) is 10.0. The van der Waals surface area contributed by atoms with E-state index in [2.05, 4.69) is 90.5 Å². The summed E-state index contributed by atoms with van der Waals surface area (Å²) >= 11 is 5.86. The maximum atomic E-state index is 12.7. The molecule has 7 aromatic rings. The monoisotopic (exact) mass is 806 g/mol. The van der Waals surface area contributed by atoms with Crippen molar-refractivity contribution in [1.82, 2.24) is 13.7 Å². The summed E-state index contributed by atoms with van der Waals surface area (Å²) in [5.74, 6) is 0.534. The SMILES string of the molecule is CCCCCCc1cc(-c2ccc(-c3ccc4c(c3)C3CCCC3N4c3ccc(C)cc3)c3nsnc23)sc1-c1ccc(/C=c2\sc(=C(C#N)C#N)[nH]c2=O)s1. The van der Waals surface area contributed by atoms with E-state index in [4.69, 9.17) is 8.75 Å². The molecule has 4 aromatic heterocycles. The molecule has 0 radical (unpaired) electrons. The number of hydrogen-bond donors (Lipinski definition) is 1. The van der Waals surface area contributed by atoms with E-state index >= 15 is 0 Å². The standard InChI is InChI=1S/C45H38N6OS4/c1-3-4-5-6-8-28-22-39(54-43(28)38-20-16-31(53-38)23-40-44(52)48-45(55-40)29(24-46)25-47)34-18-17-32(41-42(34)50-56-49-41)27-13-19-37-35(21-27)33-9-7-10-36(33)51(37)30-14-11-26(2)12-15-30/h11-23,33,36H,3-10H2,1-2H3,(H,48,52)/b40-23-. The zero-order chi connectivity index (χ0) is 38.3. The molecule has 1 aliphatic heterocycles. The molecule has 1 N–H and O–H groups in total. The molecule has 7 nitrogen and oxygen atoms in total. The van der Waals surface area contributed by atoms with Gasteiger partial charge < -0.3 is 9.88 Å². The molecule has 0 bridgehead atoms. The number of benzene rings is 3. The Morgan fingerprint density at radius 3 is 2.50 bits per heavy atom. The second-order valence-electron chi connectivity index (χ2n) is 14.7. The lowest BCUT2D eigenvalue weighted by atomic mass is 9.93. The first kappa shape index (κ1) is 36.5. The zero-order valence-electron chi connectivity index (χ0n) is 31.1. The summed E-state index contributed by atoms with van der Waals surface area (Å²) in [6.45, 7) is 4.39. The van der Waals surface area contributed by atoms with Crippen LogP contribution in [0, 0.1) is 29.6 Å². The summed E-state index contributed by atoms with van der Waals surface area (Å²) in [6, 6.07) is 31.3. The number of fused-ring (bicyclic) bond motifs is 4. The number of nitriles is 2. The van der Waals surface area contributed by atoms with Gasteiger partial charge in [-0.3, -0.25) is 4.79 Å². The van der Waals surface area contributed by atoms with Crippen molar-refractivity contribution in [2.45, 2.75) is 77.2 Å². The van der Waals surface area contributed by atoms with Crippen LogP contribution in [0.5, 0.6) is 0 Å². The normalized spacial score (nSPS) is 16.3. The maximum Gasteiger partial charge on any atom is 0.266 e. The third kappa shape index (κ3) is 6.63. The molecule has 2 aliphatic rings. The quantitative estimate of drug-likeness (QED) is 0.138. The third-order valence-corrected chi connectivity index (χ3v) is 15.1. The van der Waals surface area contributed by atoms with Crippen molar-refractivity contribution in [1.29, 1.82) is 10.5 Å². The molecule has 0 saturated heterocycles. The van der Waals surface area contributed by atoms with Crippen LogP contribution in [-0.2, 0) is 6.42 Å². The van der Waals surface area contributed by atoms with Crippen LogP contribution in [0.1, 0.15) is 79.4 Å². The van der Waals surface area contributed by atoms with Crippen molar-refractivity contribution >= 4 is 79.8 Å². The number of nitrogens with one attached hydrogen (secondary N) is 1. The Labute approximate surface area is 341 Å². The number of thiophene rings is 2. The van der Waals surface area contributed by atoms with Crippen molar-refractivity contribution in [2.75, 3.05) is 4.90 Å². The zero-order valence-corrected chi connectivity index (χ0v) is 34.4. The Morgan fingerprint density at radius 2 is 1.70 bits per heavy atom. The number of aromatic nitrogens is 3. The van der Waals surface area contributed by atoms with Gasteiger partial charge in [0.05, 0.1) is 16.3 Å². The van der Waals surface area contributed by atoms with Gasteiger partial charge in [0.15, 0.2) is 5.57 Å². The van der Waals surface area contributed by atoms with Crippen LogP contribution in [0.2, 0.25) is 0 Å². The van der Waals surface area contributed by atoms with Gasteiger partial charge in [-0.05, 0) is 97.8 Å². The largest absolute Gasteiger partial charge is 0.338 e. The number of nitrogens with zero attached hydrogens (tertiary/aromatic N) is 5. The summed E-state index contributed by atoms with van der Waals surface area (Å²) in [7, 11) is 0. The number of unbranched alkanes of at least 4 members (excludes halogenated alkanes) is 3. The summed E-state index contributed by atoms with van der Waals surface area (Å²) in [6.07, 6.45) is 11.3. The van der Waals surface area contributed by atoms with Gasteiger partial charge in [-0.15, -0.1) is 34.0 Å². The molecule has 1 saturated carbocycles. The number of anilines is 2. The Morgan fingerprint density at radius 1 is 0.893 bits per heavy atom. The van der Waals surface area contributed by atoms with Crippen LogP contribution >= 0.6 is 45.7 Å². The van der Waals surface area contributed by atoms with Gasteiger partial charge in [0.2, 0.25) is 0 Å². The van der Waals surface area contributed by atoms with Crippen molar-refractivity contribution < 1.29 is 0 Å².